The van der Waals surface area contributed by atoms with Gasteiger partial charge in [-0.15, -0.1) is 0 Å². The summed E-state index contributed by atoms with van der Waals surface area (Å²) in [6, 6.07) is 5.54. The van der Waals surface area contributed by atoms with Crippen molar-refractivity contribution >= 4 is 40.2 Å². The quantitative estimate of drug-likeness (QED) is 0.412. The molecule has 0 aliphatic carbocycles. The van der Waals surface area contributed by atoms with Crippen molar-refractivity contribution in [1.29, 1.82) is 0 Å². The predicted molar refractivity (Wildman–Crippen MR) is 104 cm³/mol. The van der Waals surface area contributed by atoms with E-state index >= 15 is 0 Å². The number of methoxy groups -OCH3 is 1. The van der Waals surface area contributed by atoms with E-state index < -0.39 is 5.97 Å². The highest BCUT2D eigenvalue weighted by Gasteiger charge is 2.24. The summed E-state index contributed by atoms with van der Waals surface area (Å²) >= 11 is 6.31. The van der Waals surface area contributed by atoms with E-state index in [0.29, 0.717) is 27.3 Å². The number of nitrogens with one attached hydrogen (secondary N) is 1. The highest BCUT2D eigenvalue weighted by atomic mass is 32.2. The minimum absolute atomic E-state index is 0.127. The van der Waals surface area contributed by atoms with Crippen LogP contribution in [0.1, 0.15) is 25.8 Å². The number of carbonyl (C=O) groups excluding carboxylic acids is 2. The fourth-order valence-electron chi connectivity index (χ4n) is 2.37. The van der Waals surface area contributed by atoms with Gasteiger partial charge >= 0.3 is 5.97 Å². The Morgan fingerprint density at radius 3 is 2.69 bits per heavy atom. The number of hydrogen-bond acceptors (Lipinski definition) is 7. The Kier molecular flexibility index (Phi) is 7.47. The molecule has 6 nitrogen and oxygen atoms in total. The minimum atomic E-state index is -0.425. The summed E-state index contributed by atoms with van der Waals surface area (Å²) < 4.78 is 16.1. The van der Waals surface area contributed by atoms with Crippen LogP contribution in [0.5, 0.6) is 11.5 Å². The molecule has 2 rings (SSSR count). The topological polar surface area (TPSA) is 73.9 Å². The summed E-state index contributed by atoms with van der Waals surface area (Å²) in [4.78, 5) is 23.9. The molecule has 1 saturated heterocycles. The normalized spacial score (nSPS) is 15.5. The fraction of sp³-hybridized carbons (Fsp3) is 0.389. The van der Waals surface area contributed by atoms with Crippen LogP contribution in [-0.4, -0.2) is 36.5 Å². The van der Waals surface area contributed by atoms with Crippen LogP contribution in [-0.2, 0) is 20.7 Å². The van der Waals surface area contributed by atoms with Gasteiger partial charge in [-0.25, -0.2) is 4.79 Å². The van der Waals surface area contributed by atoms with Crippen LogP contribution in [0.4, 0.5) is 0 Å². The Morgan fingerprint density at radius 1 is 1.31 bits per heavy atom. The Morgan fingerprint density at radius 2 is 2.08 bits per heavy atom. The Balaban J connectivity index is 2.00. The number of hydrogen-bond donors (Lipinski definition) is 1. The molecule has 1 aromatic carbocycles. The van der Waals surface area contributed by atoms with Crippen molar-refractivity contribution in [2.45, 2.75) is 26.7 Å². The molecular formula is C18H21NO5S2. The lowest BCUT2D eigenvalue weighted by Gasteiger charge is -2.12. The van der Waals surface area contributed by atoms with E-state index in [9.17, 15) is 9.59 Å². The van der Waals surface area contributed by atoms with Crippen LogP contribution in [0.15, 0.2) is 28.7 Å². The van der Waals surface area contributed by atoms with E-state index in [-0.39, 0.29) is 12.5 Å². The summed E-state index contributed by atoms with van der Waals surface area (Å²) in [6.45, 7) is 3.82. The second-order valence-corrected chi connectivity index (χ2v) is 7.22. The van der Waals surface area contributed by atoms with Gasteiger partial charge in [-0.1, -0.05) is 35.6 Å². The zero-order valence-corrected chi connectivity index (χ0v) is 16.6. The second kappa shape index (κ2) is 9.59. The van der Waals surface area contributed by atoms with Crippen LogP contribution in [0.2, 0.25) is 0 Å². The molecule has 1 amide bonds. The molecule has 1 aliphatic heterocycles. The van der Waals surface area contributed by atoms with Crippen molar-refractivity contribution in [1.82, 2.24) is 5.32 Å². The van der Waals surface area contributed by atoms with Crippen LogP contribution in [0, 0.1) is 0 Å². The first-order valence-corrected chi connectivity index (χ1v) is 9.35. The number of benzene rings is 1. The van der Waals surface area contributed by atoms with E-state index in [1.165, 1.54) is 11.8 Å². The molecule has 0 saturated carbocycles. The summed E-state index contributed by atoms with van der Waals surface area (Å²) in [5, 5.41) is 2.63. The fourth-order valence-corrected chi connectivity index (χ4v) is 3.46. The zero-order valence-electron chi connectivity index (χ0n) is 14.9. The van der Waals surface area contributed by atoms with Crippen LogP contribution >= 0.6 is 24.0 Å². The van der Waals surface area contributed by atoms with Gasteiger partial charge in [0.2, 0.25) is 0 Å². The molecule has 0 unspecified atom stereocenters. The molecule has 26 heavy (non-hydrogen) atoms. The van der Waals surface area contributed by atoms with Gasteiger partial charge in [-0.2, -0.15) is 0 Å². The third-order valence-corrected chi connectivity index (χ3v) is 5.05. The van der Waals surface area contributed by atoms with Gasteiger partial charge in [0.1, 0.15) is 4.32 Å². The summed E-state index contributed by atoms with van der Waals surface area (Å²) in [7, 11) is 1.55. The number of ether oxygens (including phenoxy) is 3. The Hall–Kier alpha value is -2.06. The van der Waals surface area contributed by atoms with Gasteiger partial charge in [0.15, 0.2) is 18.1 Å². The van der Waals surface area contributed by atoms with Crippen LogP contribution in [0.3, 0.4) is 0 Å². The summed E-state index contributed by atoms with van der Waals surface area (Å²) in [6.07, 6.45) is 1.47. The SMILES string of the molecule is CCOC(=O)COc1ccc(CC/C(C)=C2/SC(=S)NC2=O)cc1OC. The molecule has 0 bridgehead atoms. The third-order valence-electron chi connectivity index (χ3n) is 3.67. The molecule has 1 fully saturated rings. The smallest absolute Gasteiger partial charge is 0.344 e. The molecule has 1 heterocycles. The second-order valence-electron chi connectivity index (χ2n) is 5.53. The first-order chi connectivity index (χ1) is 12.4. The number of carbonyl (C=O) groups is 2. The molecule has 8 heteroatoms. The van der Waals surface area contributed by atoms with E-state index in [2.05, 4.69) is 5.32 Å². The maximum Gasteiger partial charge on any atom is 0.344 e. The number of rotatable bonds is 8. The number of amides is 1. The van der Waals surface area contributed by atoms with Crippen molar-refractivity contribution in [2.24, 2.45) is 0 Å². The van der Waals surface area contributed by atoms with Gasteiger partial charge in [-0.3, -0.25) is 4.79 Å². The van der Waals surface area contributed by atoms with Gasteiger partial charge in [0.05, 0.1) is 18.6 Å². The van der Waals surface area contributed by atoms with Crippen LogP contribution < -0.4 is 14.8 Å². The van der Waals surface area contributed by atoms with Gasteiger partial charge in [0.25, 0.3) is 5.91 Å². The number of esters is 1. The first-order valence-electron chi connectivity index (χ1n) is 8.12. The average molecular weight is 396 g/mol. The molecular weight excluding hydrogens is 374 g/mol. The largest absolute Gasteiger partial charge is 0.493 e. The van der Waals surface area contributed by atoms with Crippen molar-refractivity contribution in [3.8, 4) is 11.5 Å². The predicted octanol–water partition coefficient (Wildman–Crippen LogP) is 2.99. The average Bonchev–Trinajstić information content (AvgIpc) is 2.96. The maximum atomic E-state index is 11.8. The molecule has 0 aromatic heterocycles. The Bertz CT molecular complexity index is 745. The number of aryl methyl sites for hydroxylation is 1. The number of thiocarbonyl (C=S) groups is 1. The third kappa shape index (κ3) is 5.47. The zero-order chi connectivity index (χ0) is 19.1. The maximum absolute atomic E-state index is 11.8. The molecule has 1 aliphatic rings. The van der Waals surface area contributed by atoms with E-state index in [1.807, 2.05) is 19.1 Å². The summed E-state index contributed by atoms with van der Waals surface area (Å²) in [5.41, 5.74) is 2.03. The molecule has 1 aromatic rings. The number of thioether (sulfide) groups is 1. The molecule has 0 atom stereocenters. The molecule has 0 radical (unpaired) electrons. The monoisotopic (exact) mass is 395 g/mol. The van der Waals surface area contributed by atoms with Crippen molar-refractivity contribution in [3.63, 3.8) is 0 Å². The first kappa shape index (κ1) is 20.3. The van der Waals surface area contributed by atoms with Crippen molar-refractivity contribution < 1.29 is 23.8 Å². The van der Waals surface area contributed by atoms with Gasteiger partial charge in [-0.05, 0) is 44.4 Å². The van der Waals surface area contributed by atoms with E-state index in [1.54, 1.807) is 20.1 Å². The lowest BCUT2D eigenvalue weighted by molar-refractivity contribution is -0.145. The lowest BCUT2D eigenvalue weighted by atomic mass is 10.0. The van der Waals surface area contributed by atoms with Gasteiger partial charge < -0.3 is 19.5 Å². The van der Waals surface area contributed by atoms with Crippen molar-refractivity contribution in [3.05, 3.63) is 34.2 Å². The standard InChI is InChI=1S/C18H21NO5S2/c1-4-23-15(20)10-24-13-8-7-12(9-14(13)22-3)6-5-11(2)16-17(21)19-18(25)26-16/h7-9H,4-6,10H2,1-3H3,(H,19,21,25)/b16-11+. The molecule has 0 spiro atoms. The van der Waals surface area contributed by atoms with Crippen LogP contribution in [0.25, 0.3) is 0 Å². The number of allylic oxidation sites excluding steroid dienone is 1. The van der Waals surface area contributed by atoms with E-state index in [0.717, 1.165) is 24.0 Å². The Labute approximate surface area is 162 Å². The molecule has 140 valence electrons. The summed E-state index contributed by atoms with van der Waals surface area (Å²) in [5.74, 6) is 0.477. The van der Waals surface area contributed by atoms with Crippen molar-refractivity contribution in [2.75, 3.05) is 20.3 Å². The lowest BCUT2D eigenvalue weighted by Crippen LogP contribution is -2.18. The van der Waals surface area contributed by atoms with E-state index in [4.69, 9.17) is 26.4 Å². The highest BCUT2D eigenvalue weighted by Crippen LogP contribution is 2.31. The molecule has 1 N–H and O–H groups in total. The minimum Gasteiger partial charge on any atom is -0.493 e. The highest BCUT2D eigenvalue weighted by molar-refractivity contribution is 8.26. The van der Waals surface area contributed by atoms with Gasteiger partial charge in [0, 0.05) is 0 Å².